The van der Waals surface area contributed by atoms with Gasteiger partial charge in [-0.3, -0.25) is 9.78 Å². The Kier molecular flexibility index (Phi) is 3.99. The average molecular weight is 222 g/mol. The molecule has 1 heterocycles. The van der Waals surface area contributed by atoms with Crippen molar-refractivity contribution in [3.8, 4) is 0 Å². The Labute approximate surface area is 93.5 Å². The third kappa shape index (κ3) is 3.05. The minimum atomic E-state index is -1.07. The summed E-state index contributed by atoms with van der Waals surface area (Å²) in [6, 6.07) is 2.66. The Morgan fingerprint density at radius 2 is 2.25 bits per heavy atom. The van der Waals surface area contributed by atoms with Crippen LogP contribution in [0.5, 0.6) is 0 Å². The van der Waals surface area contributed by atoms with Gasteiger partial charge >= 0.3 is 5.97 Å². The number of nitrogens with zero attached hydrogens (tertiary/aromatic N) is 1. The van der Waals surface area contributed by atoms with Crippen molar-refractivity contribution < 1.29 is 14.7 Å². The van der Waals surface area contributed by atoms with Crippen molar-refractivity contribution in [2.24, 2.45) is 0 Å². The van der Waals surface area contributed by atoms with E-state index >= 15 is 0 Å². The Morgan fingerprint density at radius 1 is 1.56 bits per heavy atom. The molecule has 1 unspecified atom stereocenters. The van der Waals surface area contributed by atoms with E-state index in [0.29, 0.717) is 0 Å². The minimum Gasteiger partial charge on any atom is -0.478 e. The molecule has 5 heteroatoms. The molecule has 1 amide bonds. The van der Waals surface area contributed by atoms with E-state index in [0.717, 1.165) is 6.42 Å². The largest absolute Gasteiger partial charge is 0.478 e. The van der Waals surface area contributed by atoms with Gasteiger partial charge in [-0.1, -0.05) is 6.92 Å². The highest BCUT2D eigenvalue weighted by Crippen LogP contribution is 2.02. The van der Waals surface area contributed by atoms with Gasteiger partial charge in [-0.15, -0.1) is 0 Å². The van der Waals surface area contributed by atoms with E-state index in [-0.39, 0.29) is 23.2 Å². The second-order valence-corrected chi connectivity index (χ2v) is 3.52. The number of aromatic carboxylic acids is 1. The van der Waals surface area contributed by atoms with Crippen LogP contribution in [0.25, 0.3) is 0 Å². The normalized spacial score (nSPS) is 11.9. The zero-order valence-electron chi connectivity index (χ0n) is 9.23. The number of hydrogen-bond donors (Lipinski definition) is 2. The van der Waals surface area contributed by atoms with Crippen molar-refractivity contribution in [3.63, 3.8) is 0 Å². The summed E-state index contributed by atoms with van der Waals surface area (Å²) in [4.78, 5) is 26.2. The predicted molar refractivity (Wildman–Crippen MR) is 58.4 cm³/mol. The van der Waals surface area contributed by atoms with Gasteiger partial charge in [0.15, 0.2) is 0 Å². The molecule has 0 saturated heterocycles. The van der Waals surface area contributed by atoms with E-state index in [1.54, 1.807) is 0 Å². The van der Waals surface area contributed by atoms with Crippen LogP contribution in [-0.2, 0) is 0 Å². The first-order valence-electron chi connectivity index (χ1n) is 5.04. The van der Waals surface area contributed by atoms with E-state index in [1.807, 2.05) is 13.8 Å². The van der Waals surface area contributed by atoms with Crippen LogP contribution in [0.15, 0.2) is 18.3 Å². The first-order valence-corrected chi connectivity index (χ1v) is 5.04. The fourth-order valence-electron chi connectivity index (χ4n) is 1.09. The summed E-state index contributed by atoms with van der Waals surface area (Å²) in [5.74, 6) is -1.42. The molecule has 0 spiro atoms. The Morgan fingerprint density at radius 3 is 2.81 bits per heavy atom. The highest BCUT2D eigenvalue weighted by molar-refractivity contribution is 5.95. The summed E-state index contributed by atoms with van der Waals surface area (Å²) in [6.45, 7) is 3.82. The maximum atomic E-state index is 11.6. The number of carbonyl (C=O) groups excluding carboxylic acids is 1. The van der Waals surface area contributed by atoms with Crippen molar-refractivity contribution >= 4 is 11.9 Å². The molecule has 0 aromatic carbocycles. The maximum Gasteiger partial charge on any atom is 0.335 e. The number of nitrogens with one attached hydrogen (secondary N) is 1. The van der Waals surface area contributed by atoms with E-state index < -0.39 is 5.97 Å². The number of amides is 1. The predicted octanol–water partition coefficient (Wildman–Crippen LogP) is 1.31. The second-order valence-electron chi connectivity index (χ2n) is 3.52. The van der Waals surface area contributed by atoms with E-state index in [4.69, 9.17) is 5.11 Å². The SMILES string of the molecule is CCC(C)NC(=O)c1cc(C(=O)O)ccn1. The first kappa shape index (κ1) is 12.2. The highest BCUT2D eigenvalue weighted by Gasteiger charge is 2.12. The molecule has 5 nitrogen and oxygen atoms in total. The van der Waals surface area contributed by atoms with Crippen LogP contribution in [0.1, 0.15) is 41.1 Å². The van der Waals surface area contributed by atoms with Crippen molar-refractivity contribution in [2.75, 3.05) is 0 Å². The third-order valence-electron chi connectivity index (χ3n) is 2.23. The highest BCUT2D eigenvalue weighted by atomic mass is 16.4. The molecule has 86 valence electrons. The molecule has 1 aromatic rings. The Balaban J connectivity index is 2.83. The number of rotatable bonds is 4. The summed E-state index contributed by atoms with van der Waals surface area (Å²) in [5, 5.41) is 11.5. The molecule has 0 aliphatic heterocycles. The van der Waals surface area contributed by atoms with Gasteiger partial charge in [0, 0.05) is 12.2 Å². The smallest absolute Gasteiger partial charge is 0.335 e. The number of hydrogen-bond acceptors (Lipinski definition) is 3. The molecule has 2 N–H and O–H groups in total. The number of carbonyl (C=O) groups is 2. The molecule has 16 heavy (non-hydrogen) atoms. The molecular formula is C11H14N2O3. The van der Waals surface area contributed by atoms with Crippen LogP contribution < -0.4 is 5.32 Å². The van der Waals surface area contributed by atoms with Crippen LogP contribution in [-0.4, -0.2) is 28.0 Å². The molecule has 0 bridgehead atoms. The van der Waals surface area contributed by atoms with Gasteiger partial charge < -0.3 is 10.4 Å². The number of carboxylic acid groups (broad SMARTS) is 1. The lowest BCUT2D eigenvalue weighted by Crippen LogP contribution is -2.32. The number of pyridine rings is 1. The summed E-state index contributed by atoms with van der Waals surface area (Å²) < 4.78 is 0. The standard InChI is InChI=1S/C11H14N2O3/c1-3-7(2)13-10(14)9-6-8(11(15)16)4-5-12-9/h4-7H,3H2,1-2H3,(H,13,14)(H,15,16). The van der Waals surface area contributed by atoms with Crippen LogP contribution in [0.2, 0.25) is 0 Å². The number of carboxylic acids is 1. The van der Waals surface area contributed by atoms with Crippen molar-refractivity contribution in [1.29, 1.82) is 0 Å². The fraction of sp³-hybridized carbons (Fsp3) is 0.364. The zero-order chi connectivity index (χ0) is 12.1. The Bertz CT molecular complexity index is 404. The molecule has 0 aliphatic carbocycles. The van der Waals surface area contributed by atoms with Gasteiger partial charge in [-0.05, 0) is 25.5 Å². The summed E-state index contributed by atoms with van der Waals surface area (Å²) in [5.41, 5.74) is 0.185. The number of aromatic nitrogens is 1. The molecular weight excluding hydrogens is 208 g/mol. The second kappa shape index (κ2) is 5.25. The molecule has 0 saturated carbocycles. The summed E-state index contributed by atoms with van der Waals surface area (Å²) in [6.07, 6.45) is 2.12. The quantitative estimate of drug-likeness (QED) is 0.804. The first-order chi connectivity index (χ1) is 7.54. The topological polar surface area (TPSA) is 79.3 Å². The van der Waals surface area contributed by atoms with Gasteiger partial charge in [0.2, 0.25) is 0 Å². The molecule has 0 aliphatic rings. The van der Waals surface area contributed by atoms with Crippen LogP contribution in [0.4, 0.5) is 0 Å². The molecule has 1 atom stereocenters. The van der Waals surface area contributed by atoms with Gasteiger partial charge in [-0.25, -0.2) is 4.79 Å². The fourth-order valence-corrected chi connectivity index (χ4v) is 1.09. The average Bonchev–Trinajstić information content (AvgIpc) is 2.28. The van der Waals surface area contributed by atoms with Gasteiger partial charge in [-0.2, -0.15) is 0 Å². The lowest BCUT2D eigenvalue weighted by molar-refractivity contribution is 0.0696. The minimum absolute atomic E-state index is 0.0442. The summed E-state index contributed by atoms with van der Waals surface area (Å²) >= 11 is 0. The Hall–Kier alpha value is -1.91. The van der Waals surface area contributed by atoms with E-state index in [9.17, 15) is 9.59 Å². The molecule has 0 radical (unpaired) electrons. The van der Waals surface area contributed by atoms with Gasteiger partial charge in [0.05, 0.1) is 5.56 Å². The zero-order valence-corrected chi connectivity index (χ0v) is 9.23. The molecule has 1 rings (SSSR count). The lowest BCUT2D eigenvalue weighted by atomic mass is 10.2. The van der Waals surface area contributed by atoms with Crippen LogP contribution >= 0.6 is 0 Å². The lowest BCUT2D eigenvalue weighted by Gasteiger charge is -2.10. The monoisotopic (exact) mass is 222 g/mol. The van der Waals surface area contributed by atoms with Gasteiger partial charge in [0.25, 0.3) is 5.91 Å². The third-order valence-corrected chi connectivity index (χ3v) is 2.23. The van der Waals surface area contributed by atoms with Crippen molar-refractivity contribution in [3.05, 3.63) is 29.6 Å². The van der Waals surface area contributed by atoms with Crippen LogP contribution in [0, 0.1) is 0 Å². The van der Waals surface area contributed by atoms with E-state index in [2.05, 4.69) is 10.3 Å². The van der Waals surface area contributed by atoms with Crippen molar-refractivity contribution in [2.45, 2.75) is 26.3 Å². The molecule has 0 fully saturated rings. The molecule has 1 aromatic heterocycles. The maximum absolute atomic E-state index is 11.6. The van der Waals surface area contributed by atoms with E-state index in [1.165, 1.54) is 18.3 Å². The van der Waals surface area contributed by atoms with Crippen LogP contribution in [0.3, 0.4) is 0 Å². The summed E-state index contributed by atoms with van der Waals surface area (Å²) in [7, 11) is 0. The van der Waals surface area contributed by atoms with Crippen molar-refractivity contribution in [1.82, 2.24) is 10.3 Å². The van der Waals surface area contributed by atoms with Gasteiger partial charge in [0.1, 0.15) is 5.69 Å².